The molecule has 1 aliphatic rings. The maximum atomic E-state index is 5.44. The van der Waals surface area contributed by atoms with E-state index in [4.69, 9.17) is 10.5 Å². The van der Waals surface area contributed by atoms with Gasteiger partial charge in [0.1, 0.15) is 5.75 Å². The minimum absolute atomic E-state index is 0.379. The van der Waals surface area contributed by atoms with Gasteiger partial charge < -0.3 is 10.5 Å². The summed E-state index contributed by atoms with van der Waals surface area (Å²) in [5, 5.41) is 0. The van der Waals surface area contributed by atoms with Crippen molar-refractivity contribution < 1.29 is 4.74 Å². The van der Waals surface area contributed by atoms with E-state index >= 15 is 0 Å². The van der Waals surface area contributed by atoms with E-state index in [1.54, 1.807) is 7.11 Å². The largest absolute Gasteiger partial charge is 0.495 e. The van der Waals surface area contributed by atoms with Crippen molar-refractivity contribution in [1.82, 2.24) is 0 Å². The molecule has 0 aromatic heterocycles. The third-order valence-electron chi connectivity index (χ3n) is 3.69. The summed E-state index contributed by atoms with van der Waals surface area (Å²) in [5.74, 6) is 10.1. The average Bonchev–Trinajstić information content (AvgIpc) is 2.98. The fraction of sp³-hybridized carbons (Fsp3) is 0.529. The Morgan fingerprint density at radius 3 is 2.85 bits per heavy atom. The molecule has 2 nitrogen and oxygen atoms in total. The first-order valence-electron chi connectivity index (χ1n) is 7.27. The Hall–Kier alpha value is -1.11. The van der Waals surface area contributed by atoms with Gasteiger partial charge in [-0.1, -0.05) is 30.7 Å². The fourth-order valence-corrected chi connectivity index (χ4v) is 3.81. The molecule has 0 heterocycles. The van der Waals surface area contributed by atoms with Crippen molar-refractivity contribution in [3.8, 4) is 17.6 Å². The van der Waals surface area contributed by atoms with Gasteiger partial charge in [-0.05, 0) is 42.2 Å². The lowest BCUT2D eigenvalue weighted by Crippen LogP contribution is -1.97. The van der Waals surface area contributed by atoms with Crippen LogP contribution in [0.5, 0.6) is 5.75 Å². The van der Waals surface area contributed by atoms with Crippen LogP contribution in [0.1, 0.15) is 36.8 Å². The minimum Gasteiger partial charge on any atom is -0.495 e. The van der Waals surface area contributed by atoms with Crippen molar-refractivity contribution in [3.05, 3.63) is 29.3 Å². The predicted molar refractivity (Wildman–Crippen MR) is 87.0 cm³/mol. The van der Waals surface area contributed by atoms with Gasteiger partial charge in [0.2, 0.25) is 0 Å². The van der Waals surface area contributed by atoms with Gasteiger partial charge in [0, 0.05) is 5.75 Å². The normalized spacial score (nSPS) is 14.9. The van der Waals surface area contributed by atoms with Crippen LogP contribution in [0.2, 0.25) is 0 Å². The van der Waals surface area contributed by atoms with E-state index in [2.05, 4.69) is 24.0 Å². The van der Waals surface area contributed by atoms with Crippen LogP contribution in [-0.2, 0) is 5.75 Å². The van der Waals surface area contributed by atoms with Crippen molar-refractivity contribution in [2.24, 2.45) is 11.7 Å². The summed E-state index contributed by atoms with van der Waals surface area (Å²) in [6.07, 6.45) is 5.69. The van der Waals surface area contributed by atoms with Crippen molar-refractivity contribution in [3.63, 3.8) is 0 Å². The number of hydrogen-bond donors (Lipinski definition) is 1. The Labute approximate surface area is 126 Å². The molecule has 2 rings (SSSR count). The third kappa shape index (κ3) is 4.47. The highest BCUT2D eigenvalue weighted by Gasteiger charge is 2.14. The van der Waals surface area contributed by atoms with Crippen LogP contribution in [0, 0.1) is 17.8 Å². The first kappa shape index (κ1) is 15.3. The smallest absolute Gasteiger partial charge is 0.134 e. The van der Waals surface area contributed by atoms with E-state index in [0.29, 0.717) is 6.54 Å². The van der Waals surface area contributed by atoms with Gasteiger partial charge in [-0.2, -0.15) is 11.8 Å². The summed E-state index contributed by atoms with van der Waals surface area (Å²) in [5.41, 5.74) is 7.69. The van der Waals surface area contributed by atoms with Crippen molar-refractivity contribution in [2.75, 3.05) is 19.4 Å². The molecule has 0 saturated heterocycles. The summed E-state index contributed by atoms with van der Waals surface area (Å²) < 4.78 is 5.33. The molecule has 0 amide bonds. The van der Waals surface area contributed by atoms with Crippen LogP contribution in [0.15, 0.2) is 18.2 Å². The lowest BCUT2D eigenvalue weighted by molar-refractivity contribution is 0.413. The van der Waals surface area contributed by atoms with E-state index in [-0.39, 0.29) is 0 Å². The zero-order valence-electron chi connectivity index (χ0n) is 12.2. The number of nitrogens with two attached hydrogens (primary N) is 1. The SMILES string of the molecule is COc1ccc(CSCC2CCCC2)cc1C#CCN. The molecule has 1 fully saturated rings. The number of hydrogen-bond acceptors (Lipinski definition) is 3. The Bertz CT molecular complexity index is 483. The van der Waals surface area contributed by atoms with E-state index in [1.807, 2.05) is 17.8 Å². The van der Waals surface area contributed by atoms with E-state index in [1.165, 1.54) is 37.0 Å². The van der Waals surface area contributed by atoms with Gasteiger partial charge in [-0.25, -0.2) is 0 Å². The summed E-state index contributed by atoms with van der Waals surface area (Å²) in [6.45, 7) is 0.379. The highest BCUT2D eigenvalue weighted by Crippen LogP contribution is 2.29. The molecule has 0 atom stereocenters. The maximum absolute atomic E-state index is 5.44. The Morgan fingerprint density at radius 1 is 1.35 bits per heavy atom. The molecule has 1 saturated carbocycles. The second-order valence-corrected chi connectivity index (χ2v) is 6.24. The van der Waals surface area contributed by atoms with Crippen LogP contribution in [0.3, 0.4) is 0 Å². The maximum Gasteiger partial charge on any atom is 0.134 e. The standard InChI is InChI=1S/C17H23NOS/c1-19-17-9-8-15(11-16(17)7-4-10-18)13-20-12-14-5-2-3-6-14/h8-9,11,14H,2-3,5-6,10,12-13,18H2,1H3. The molecular formula is C17H23NOS. The first-order valence-corrected chi connectivity index (χ1v) is 8.42. The molecule has 1 aromatic rings. The van der Waals surface area contributed by atoms with Crippen LogP contribution in [0.25, 0.3) is 0 Å². The molecule has 20 heavy (non-hydrogen) atoms. The van der Waals surface area contributed by atoms with Crippen molar-refractivity contribution in [2.45, 2.75) is 31.4 Å². The van der Waals surface area contributed by atoms with E-state index in [0.717, 1.165) is 23.0 Å². The second-order valence-electron chi connectivity index (χ2n) is 5.21. The highest BCUT2D eigenvalue weighted by atomic mass is 32.2. The van der Waals surface area contributed by atoms with Crippen LogP contribution < -0.4 is 10.5 Å². The van der Waals surface area contributed by atoms with Crippen LogP contribution in [0.4, 0.5) is 0 Å². The molecule has 108 valence electrons. The number of thioether (sulfide) groups is 1. The quantitative estimate of drug-likeness (QED) is 0.844. The number of ether oxygens (including phenoxy) is 1. The van der Waals surface area contributed by atoms with Crippen LogP contribution >= 0.6 is 11.8 Å². The molecule has 0 radical (unpaired) electrons. The zero-order valence-corrected chi connectivity index (χ0v) is 13.0. The Kier molecular flexibility index (Phi) is 6.29. The van der Waals surface area contributed by atoms with E-state index < -0.39 is 0 Å². The molecular weight excluding hydrogens is 266 g/mol. The van der Waals surface area contributed by atoms with Gasteiger partial charge in [0.25, 0.3) is 0 Å². The van der Waals surface area contributed by atoms with Gasteiger partial charge in [0.05, 0.1) is 19.2 Å². The average molecular weight is 289 g/mol. The van der Waals surface area contributed by atoms with Gasteiger partial charge in [-0.3, -0.25) is 0 Å². The molecule has 3 heteroatoms. The fourth-order valence-electron chi connectivity index (χ4n) is 2.61. The molecule has 2 N–H and O–H groups in total. The number of methoxy groups -OCH3 is 1. The summed E-state index contributed by atoms with van der Waals surface area (Å²) in [7, 11) is 1.68. The highest BCUT2D eigenvalue weighted by molar-refractivity contribution is 7.98. The molecule has 0 unspecified atom stereocenters. The molecule has 0 bridgehead atoms. The van der Waals surface area contributed by atoms with Gasteiger partial charge in [-0.15, -0.1) is 0 Å². The molecule has 0 spiro atoms. The van der Waals surface area contributed by atoms with Gasteiger partial charge in [0.15, 0.2) is 0 Å². The first-order chi connectivity index (χ1) is 9.83. The van der Waals surface area contributed by atoms with Gasteiger partial charge >= 0.3 is 0 Å². The monoisotopic (exact) mass is 289 g/mol. The predicted octanol–water partition coefficient (Wildman–Crippen LogP) is 3.43. The number of rotatable bonds is 5. The Morgan fingerprint density at radius 2 is 2.15 bits per heavy atom. The van der Waals surface area contributed by atoms with Crippen molar-refractivity contribution in [1.29, 1.82) is 0 Å². The molecule has 1 aliphatic carbocycles. The zero-order chi connectivity index (χ0) is 14.2. The second kappa shape index (κ2) is 8.24. The molecule has 1 aromatic carbocycles. The van der Waals surface area contributed by atoms with Crippen LogP contribution in [-0.4, -0.2) is 19.4 Å². The minimum atomic E-state index is 0.379. The lowest BCUT2D eigenvalue weighted by atomic mass is 10.1. The molecule has 0 aliphatic heterocycles. The van der Waals surface area contributed by atoms with E-state index in [9.17, 15) is 0 Å². The summed E-state index contributed by atoms with van der Waals surface area (Å²) in [4.78, 5) is 0. The third-order valence-corrected chi connectivity index (χ3v) is 4.93. The topological polar surface area (TPSA) is 35.2 Å². The van der Waals surface area contributed by atoms with Crippen molar-refractivity contribution >= 4 is 11.8 Å². The Balaban J connectivity index is 1.93. The number of benzene rings is 1. The summed E-state index contributed by atoms with van der Waals surface area (Å²) in [6, 6.07) is 6.27. The summed E-state index contributed by atoms with van der Waals surface area (Å²) >= 11 is 2.04. The lowest BCUT2D eigenvalue weighted by Gasteiger charge is -2.09.